The molecule has 3 aromatic heterocycles. The van der Waals surface area contributed by atoms with Gasteiger partial charge in [-0.1, -0.05) is 97.1 Å². The van der Waals surface area contributed by atoms with Crippen LogP contribution in [-0.2, 0) is 34.1 Å². The molecule has 4 aliphatic carbocycles. The molecule has 414 valence electrons. The molecule has 0 spiro atoms. The van der Waals surface area contributed by atoms with Gasteiger partial charge in [-0.05, 0) is 187 Å². The smallest absolute Gasteiger partial charge is 0.369 e. The van der Waals surface area contributed by atoms with Gasteiger partial charge in [0.1, 0.15) is 0 Å². The Kier molecular flexibility index (Phi) is 21.3. The maximum Gasteiger partial charge on any atom is 2.00 e. The zero-order chi connectivity index (χ0) is 54.9. The Morgan fingerprint density at radius 1 is 0.310 bits per heavy atom. The number of thiophene rings is 2. The number of benzene rings is 4. The number of para-hydroxylation sites is 2. The van der Waals surface area contributed by atoms with E-state index in [0.717, 1.165) is 110 Å². The van der Waals surface area contributed by atoms with Crippen LogP contribution in [0.3, 0.4) is 0 Å². The van der Waals surface area contributed by atoms with Crippen LogP contribution < -0.4 is 9.80 Å². The number of hydrogen-bond acceptors (Lipinski definition) is 8. The predicted molar refractivity (Wildman–Crippen MR) is 347 cm³/mol. The van der Waals surface area contributed by atoms with Crippen molar-refractivity contribution in [2.45, 2.75) is 0 Å². The summed E-state index contributed by atoms with van der Waals surface area (Å²) >= 11 is 3.69. The summed E-state index contributed by atoms with van der Waals surface area (Å²) < 4.78 is 4.76. The van der Waals surface area contributed by atoms with Crippen molar-refractivity contribution in [3.8, 4) is 22.3 Å². The first-order chi connectivity index (χ1) is 40.7. The van der Waals surface area contributed by atoms with Gasteiger partial charge in [0.25, 0.3) is 0 Å². The fourth-order valence-corrected chi connectivity index (χ4v) is 14.0. The van der Waals surface area contributed by atoms with E-state index < -0.39 is 0 Å². The Balaban J connectivity index is 0.000000558. The van der Waals surface area contributed by atoms with Crippen LogP contribution in [0, 0.1) is 126 Å². The molecule has 2 saturated heterocycles. The molecule has 6 nitrogen and oxygen atoms in total. The molecule has 6 fully saturated rings. The fraction of sp³-hybridized carbons (Fsp3) is 0.135. The van der Waals surface area contributed by atoms with Crippen molar-refractivity contribution in [2.75, 3.05) is 75.2 Å². The van der Waals surface area contributed by atoms with Crippen molar-refractivity contribution in [3.63, 3.8) is 0 Å². The zero-order valence-corrected chi connectivity index (χ0v) is 50.5. The zero-order valence-electron chi connectivity index (χ0n) is 46.7. The summed E-state index contributed by atoms with van der Waals surface area (Å²) in [6.07, 6.45) is 42.8. The van der Waals surface area contributed by atoms with Crippen molar-refractivity contribution in [2.24, 2.45) is 0 Å². The topological polar surface area (TPSA) is 38.7 Å². The summed E-state index contributed by atoms with van der Waals surface area (Å²) in [7, 11) is 0. The Labute approximate surface area is 530 Å². The summed E-state index contributed by atoms with van der Waals surface area (Å²) in [5, 5.41) is 0. The SMILES string of the molecule is [CH]1[CH][CH][CH][CH]1.[CH]1[CH][CH][CH][CH]1.[CH]1[CH][C](CN2CCN(c3ccccc3)CC2)[C](c2c3nc(c(-c4ccccc4)c4ccc(s4)c(-c4ccccc4)c4nc(c([C]5[CH][CH][CH][C]5CN5CCN(c6ccccc6)CC5)c5ccc2s5)C=C4)C=C3)[CH]1.[Fe+2].[Fe+2]. The van der Waals surface area contributed by atoms with E-state index in [1.54, 1.807) is 0 Å². The minimum atomic E-state index is 0. The van der Waals surface area contributed by atoms with Crippen molar-refractivity contribution in [1.82, 2.24) is 19.8 Å². The van der Waals surface area contributed by atoms with Gasteiger partial charge < -0.3 is 9.80 Å². The quantitative estimate of drug-likeness (QED) is 0.127. The third-order valence-corrected chi connectivity index (χ3v) is 18.1. The second kappa shape index (κ2) is 29.5. The van der Waals surface area contributed by atoms with Gasteiger partial charge in [0.15, 0.2) is 0 Å². The van der Waals surface area contributed by atoms with Crippen LogP contribution in [0.5, 0.6) is 0 Å². The number of anilines is 2. The molecule has 84 heavy (non-hydrogen) atoms. The van der Waals surface area contributed by atoms with E-state index in [0.29, 0.717) is 0 Å². The molecule has 0 amide bonds. The summed E-state index contributed by atoms with van der Waals surface area (Å²) in [4.78, 5) is 21.6. The Morgan fingerprint density at radius 3 is 0.940 bits per heavy atom. The van der Waals surface area contributed by atoms with E-state index in [2.05, 4.69) is 228 Å². The maximum absolute atomic E-state index is 5.68. The van der Waals surface area contributed by atoms with Gasteiger partial charge in [0.2, 0.25) is 0 Å². The first-order valence-corrected chi connectivity index (χ1v) is 30.3. The number of aromatic nitrogens is 2. The molecule has 4 aliphatic heterocycles. The van der Waals surface area contributed by atoms with Crippen molar-refractivity contribution in [3.05, 3.63) is 306 Å². The van der Waals surface area contributed by atoms with Gasteiger partial charge in [-0.3, -0.25) is 9.80 Å². The number of rotatable bonds is 10. The first-order valence-electron chi connectivity index (χ1n) is 28.6. The van der Waals surface area contributed by atoms with E-state index in [4.69, 9.17) is 9.97 Å². The number of nitrogens with zero attached hydrogens (tertiary/aromatic N) is 6. The van der Waals surface area contributed by atoms with E-state index in [-0.39, 0.29) is 34.1 Å². The normalized spacial score (nSPS) is 18.7. The molecule has 8 aliphatic rings. The molecular weight excluding hydrogens is 1150 g/mol. The second-order valence-electron chi connectivity index (χ2n) is 21.0. The summed E-state index contributed by atoms with van der Waals surface area (Å²) in [5.74, 6) is 5.17. The van der Waals surface area contributed by atoms with Crippen molar-refractivity contribution in [1.29, 1.82) is 0 Å². The van der Waals surface area contributed by atoms with Crippen LogP contribution in [0.1, 0.15) is 33.9 Å². The van der Waals surface area contributed by atoms with Gasteiger partial charge in [0.05, 0.1) is 22.8 Å². The number of hydrogen-bond donors (Lipinski definition) is 0. The third-order valence-electron chi connectivity index (χ3n) is 15.9. The fourth-order valence-electron chi connectivity index (χ4n) is 11.7. The molecule has 7 aromatic rings. The standard InChI is InChI=1S/C64H54N6S2.2C5H5.2Fe/c1-5-15-45(16-6-1)61-53-27-29-55(65-53)63(51-25-13-19-47(51)43-67-35-39-69(40-36-67)49-21-9-3-10-22-49)59-33-34-60(72-59)64(52-26-14-20-48(52)44-68-37-41-70(42-38-68)50-23-11-4-12-24-50)56-30-28-54(66-56)62(46-17-7-2-8-18-46)58-32-31-57(61)71-58;2*1-2-4-5-3-1;;/h1-34H,35-44H2;2*1-5H;;/q;;;2*+2. The molecule has 0 N–H and O–H groups in total. The minimum absolute atomic E-state index is 0. The Morgan fingerprint density at radius 2 is 0.607 bits per heavy atom. The van der Waals surface area contributed by atoms with Gasteiger partial charge in [0, 0.05) is 142 Å². The molecular formula is C74H64Fe2N6S2+4. The predicted octanol–water partition coefficient (Wildman–Crippen LogP) is 15.4. The molecule has 8 bridgehead atoms. The molecule has 15 rings (SSSR count). The molecule has 10 heteroatoms. The Bertz CT molecular complexity index is 3210. The minimum Gasteiger partial charge on any atom is -0.369 e. The van der Waals surface area contributed by atoms with Crippen molar-refractivity contribution >= 4 is 77.2 Å². The van der Waals surface area contributed by atoms with E-state index in [9.17, 15) is 0 Å². The summed E-state index contributed by atoms with van der Waals surface area (Å²) in [6, 6.07) is 52.6. The largest absolute Gasteiger partial charge is 2.00 e. The monoisotopic (exact) mass is 1210 g/mol. The summed E-state index contributed by atoms with van der Waals surface area (Å²) in [5.41, 5.74) is 13.5. The van der Waals surface area contributed by atoms with Crippen LogP contribution in [0.25, 0.3) is 65.4 Å². The Hall–Kier alpha value is -5.12. The molecule has 7 heterocycles. The van der Waals surface area contributed by atoms with Crippen LogP contribution in [0.15, 0.2) is 146 Å². The number of fused-ring (bicyclic) bond motifs is 8. The number of piperazine rings is 2. The van der Waals surface area contributed by atoms with Gasteiger partial charge in [-0.25, -0.2) is 9.97 Å². The van der Waals surface area contributed by atoms with Crippen LogP contribution in [0.2, 0.25) is 0 Å². The van der Waals surface area contributed by atoms with E-state index in [1.807, 2.05) is 86.9 Å². The van der Waals surface area contributed by atoms with Crippen LogP contribution in [0.4, 0.5) is 11.4 Å². The molecule has 0 atom stereocenters. The van der Waals surface area contributed by atoms with E-state index >= 15 is 0 Å². The van der Waals surface area contributed by atoms with E-state index in [1.165, 1.54) is 65.0 Å². The average Bonchev–Trinajstić information content (AvgIpc) is 4.52. The van der Waals surface area contributed by atoms with Gasteiger partial charge in [-0.15, -0.1) is 22.7 Å². The average molecular weight is 1210 g/mol. The molecule has 20 radical (unpaired) electrons. The van der Waals surface area contributed by atoms with Crippen LogP contribution >= 0.6 is 22.7 Å². The van der Waals surface area contributed by atoms with Crippen LogP contribution in [-0.4, -0.2) is 85.2 Å². The second-order valence-corrected chi connectivity index (χ2v) is 23.2. The van der Waals surface area contributed by atoms with Crippen molar-refractivity contribution < 1.29 is 34.1 Å². The molecule has 4 aromatic carbocycles. The first kappa shape index (κ1) is 60.6. The van der Waals surface area contributed by atoms with Gasteiger partial charge in [-0.2, -0.15) is 0 Å². The molecule has 0 unspecified atom stereocenters. The third kappa shape index (κ3) is 14.1. The summed E-state index contributed by atoms with van der Waals surface area (Å²) in [6.45, 7) is 9.84. The molecule has 4 saturated carbocycles. The van der Waals surface area contributed by atoms with Gasteiger partial charge >= 0.3 is 34.1 Å². The maximum atomic E-state index is 5.68.